The standard InChI is InChI=1S/C18H23NO5S/c1-4-8-14(20)24-11(3)16(21)19-17-15(18(22)23-5-2)12-9-6-7-10-13(12)25-17/h4,8,11H,5-7,9-10H2,1-3H3,(H,19,21)/b8-4-/t11-/m1/s1. The molecule has 0 spiro atoms. The lowest BCUT2D eigenvalue weighted by molar-refractivity contribution is -0.148. The molecule has 1 aliphatic carbocycles. The number of rotatable bonds is 6. The van der Waals surface area contributed by atoms with Crippen LogP contribution in [0.5, 0.6) is 0 Å². The summed E-state index contributed by atoms with van der Waals surface area (Å²) in [6.45, 7) is 5.20. The molecule has 0 bridgehead atoms. The van der Waals surface area contributed by atoms with E-state index in [2.05, 4.69) is 5.32 Å². The minimum atomic E-state index is -0.960. The van der Waals surface area contributed by atoms with Gasteiger partial charge < -0.3 is 14.8 Å². The smallest absolute Gasteiger partial charge is 0.341 e. The van der Waals surface area contributed by atoms with Crippen LogP contribution in [0, 0.1) is 0 Å². The van der Waals surface area contributed by atoms with Gasteiger partial charge in [0.05, 0.1) is 12.2 Å². The zero-order valence-corrected chi connectivity index (χ0v) is 15.5. The number of carbonyl (C=O) groups excluding carboxylic acids is 3. The van der Waals surface area contributed by atoms with Crippen molar-refractivity contribution in [1.82, 2.24) is 0 Å². The molecular weight excluding hydrogens is 342 g/mol. The summed E-state index contributed by atoms with van der Waals surface area (Å²) in [7, 11) is 0. The zero-order valence-electron chi connectivity index (χ0n) is 14.7. The van der Waals surface area contributed by atoms with Gasteiger partial charge in [0.25, 0.3) is 5.91 Å². The molecule has 1 aliphatic rings. The van der Waals surface area contributed by atoms with Crippen molar-refractivity contribution in [1.29, 1.82) is 0 Å². The van der Waals surface area contributed by atoms with Gasteiger partial charge in [-0.3, -0.25) is 4.79 Å². The average Bonchev–Trinajstić information content (AvgIpc) is 2.92. The van der Waals surface area contributed by atoms with Crippen LogP contribution in [0.3, 0.4) is 0 Å². The van der Waals surface area contributed by atoms with Crippen molar-refractivity contribution in [3.05, 3.63) is 28.2 Å². The number of hydrogen-bond acceptors (Lipinski definition) is 6. The highest BCUT2D eigenvalue weighted by Gasteiger charge is 2.28. The molecule has 136 valence electrons. The Morgan fingerprint density at radius 2 is 2.00 bits per heavy atom. The van der Waals surface area contributed by atoms with E-state index in [0.717, 1.165) is 36.1 Å². The second-order valence-electron chi connectivity index (χ2n) is 5.70. The summed E-state index contributed by atoms with van der Waals surface area (Å²) in [6.07, 6.45) is 5.62. The van der Waals surface area contributed by atoms with Gasteiger partial charge in [-0.05, 0) is 52.0 Å². The molecule has 25 heavy (non-hydrogen) atoms. The van der Waals surface area contributed by atoms with Gasteiger partial charge in [0.2, 0.25) is 0 Å². The molecule has 1 aromatic heterocycles. The number of anilines is 1. The number of allylic oxidation sites excluding steroid dienone is 1. The van der Waals surface area contributed by atoms with E-state index in [1.54, 1.807) is 19.9 Å². The number of nitrogens with one attached hydrogen (secondary N) is 1. The van der Waals surface area contributed by atoms with Gasteiger partial charge in [-0.1, -0.05) is 6.08 Å². The first kappa shape index (κ1) is 19.2. The second kappa shape index (κ2) is 8.80. The third kappa shape index (κ3) is 4.69. The van der Waals surface area contributed by atoms with Crippen molar-refractivity contribution < 1.29 is 23.9 Å². The summed E-state index contributed by atoms with van der Waals surface area (Å²) in [5.74, 6) is -1.47. The van der Waals surface area contributed by atoms with Crippen LogP contribution >= 0.6 is 11.3 Å². The van der Waals surface area contributed by atoms with Crippen LogP contribution < -0.4 is 5.32 Å². The van der Waals surface area contributed by atoms with Gasteiger partial charge in [0.15, 0.2) is 6.10 Å². The summed E-state index contributed by atoms with van der Waals surface area (Å²) < 4.78 is 10.2. The first-order chi connectivity index (χ1) is 12.0. The molecule has 1 amide bonds. The number of hydrogen-bond donors (Lipinski definition) is 1. The first-order valence-electron chi connectivity index (χ1n) is 8.43. The summed E-state index contributed by atoms with van der Waals surface area (Å²) in [4.78, 5) is 37.3. The fraction of sp³-hybridized carbons (Fsp3) is 0.500. The number of esters is 2. The molecule has 0 aromatic carbocycles. The Morgan fingerprint density at radius 1 is 1.28 bits per heavy atom. The van der Waals surface area contributed by atoms with Crippen LogP contribution in [0.25, 0.3) is 0 Å². The van der Waals surface area contributed by atoms with Crippen LogP contribution in [0.1, 0.15) is 54.4 Å². The number of ether oxygens (including phenoxy) is 2. The fourth-order valence-electron chi connectivity index (χ4n) is 2.69. The van der Waals surface area contributed by atoms with Crippen LogP contribution in [0.15, 0.2) is 12.2 Å². The first-order valence-corrected chi connectivity index (χ1v) is 9.25. The van der Waals surface area contributed by atoms with Gasteiger partial charge in [0.1, 0.15) is 5.00 Å². The molecule has 0 radical (unpaired) electrons. The largest absolute Gasteiger partial charge is 0.462 e. The Hall–Kier alpha value is -2.15. The Balaban J connectivity index is 2.20. The Morgan fingerprint density at radius 3 is 2.68 bits per heavy atom. The van der Waals surface area contributed by atoms with E-state index in [1.165, 1.54) is 24.3 Å². The van der Waals surface area contributed by atoms with Crippen LogP contribution in [-0.4, -0.2) is 30.6 Å². The molecule has 0 fully saturated rings. The highest BCUT2D eigenvalue weighted by molar-refractivity contribution is 7.17. The zero-order chi connectivity index (χ0) is 18.4. The van der Waals surface area contributed by atoms with Crippen molar-refractivity contribution in [3.8, 4) is 0 Å². The molecule has 0 saturated carbocycles. The maximum atomic E-state index is 12.4. The van der Waals surface area contributed by atoms with E-state index in [9.17, 15) is 14.4 Å². The molecule has 0 unspecified atom stereocenters. The van der Waals surface area contributed by atoms with E-state index in [0.29, 0.717) is 10.6 Å². The SMILES string of the molecule is C/C=C\C(=O)O[C@H](C)C(=O)Nc1sc2c(c1C(=O)OCC)CCCC2. The Labute approximate surface area is 151 Å². The maximum absolute atomic E-state index is 12.4. The third-order valence-electron chi connectivity index (χ3n) is 3.85. The minimum Gasteiger partial charge on any atom is -0.462 e. The van der Waals surface area contributed by atoms with E-state index >= 15 is 0 Å². The van der Waals surface area contributed by atoms with Gasteiger partial charge in [-0.15, -0.1) is 11.3 Å². The number of carbonyl (C=O) groups is 3. The third-order valence-corrected chi connectivity index (χ3v) is 5.06. The quantitative estimate of drug-likeness (QED) is 0.618. The molecule has 0 aliphatic heterocycles. The van der Waals surface area contributed by atoms with Crippen molar-refractivity contribution in [2.24, 2.45) is 0 Å². The lowest BCUT2D eigenvalue weighted by Gasteiger charge is -2.13. The molecule has 1 atom stereocenters. The molecule has 2 rings (SSSR count). The van der Waals surface area contributed by atoms with E-state index in [4.69, 9.17) is 9.47 Å². The Bertz CT molecular complexity index is 692. The molecule has 0 saturated heterocycles. The highest BCUT2D eigenvalue weighted by atomic mass is 32.1. The Kier molecular flexibility index (Phi) is 6.75. The van der Waals surface area contributed by atoms with E-state index in [-0.39, 0.29) is 6.61 Å². The molecular formula is C18H23NO5S. The molecule has 1 aromatic rings. The topological polar surface area (TPSA) is 81.7 Å². The van der Waals surface area contributed by atoms with Crippen molar-refractivity contribution in [3.63, 3.8) is 0 Å². The van der Waals surface area contributed by atoms with Crippen LogP contribution in [-0.2, 0) is 31.9 Å². The van der Waals surface area contributed by atoms with Gasteiger partial charge in [-0.2, -0.15) is 0 Å². The van der Waals surface area contributed by atoms with Crippen molar-refractivity contribution >= 4 is 34.2 Å². The number of fused-ring (bicyclic) bond motifs is 1. The number of amides is 1. The average molecular weight is 365 g/mol. The molecule has 1 N–H and O–H groups in total. The van der Waals surface area contributed by atoms with Gasteiger partial charge >= 0.3 is 11.9 Å². The molecule has 6 nitrogen and oxygen atoms in total. The second-order valence-corrected chi connectivity index (χ2v) is 6.81. The summed E-state index contributed by atoms with van der Waals surface area (Å²) in [5.41, 5.74) is 1.42. The number of aryl methyl sites for hydroxylation is 1. The van der Waals surface area contributed by atoms with Crippen LogP contribution in [0.4, 0.5) is 5.00 Å². The van der Waals surface area contributed by atoms with Crippen molar-refractivity contribution in [2.75, 3.05) is 11.9 Å². The molecule has 7 heteroatoms. The minimum absolute atomic E-state index is 0.272. The summed E-state index contributed by atoms with van der Waals surface area (Å²) in [5, 5.41) is 3.21. The van der Waals surface area contributed by atoms with Crippen molar-refractivity contribution in [2.45, 2.75) is 52.6 Å². The van der Waals surface area contributed by atoms with E-state index < -0.39 is 23.9 Å². The van der Waals surface area contributed by atoms with Gasteiger partial charge in [0, 0.05) is 11.0 Å². The summed E-state index contributed by atoms with van der Waals surface area (Å²) in [6, 6.07) is 0. The highest BCUT2D eigenvalue weighted by Crippen LogP contribution is 2.38. The molecule has 1 heterocycles. The number of thiophene rings is 1. The fourth-order valence-corrected chi connectivity index (χ4v) is 3.97. The van der Waals surface area contributed by atoms with E-state index in [1.807, 2.05) is 0 Å². The predicted octanol–water partition coefficient (Wildman–Crippen LogP) is 3.25. The lowest BCUT2D eigenvalue weighted by atomic mass is 9.95. The lowest BCUT2D eigenvalue weighted by Crippen LogP contribution is -2.29. The monoisotopic (exact) mass is 365 g/mol. The normalized spacial score (nSPS) is 14.7. The van der Waals surface area contributed by atoms with Crippen LogP contribution in [0.2, 0.25) is 0 Å². The predicted molar refractivity (Wildman–Crippen MR) is 95.9 cm³/mol. The maximum Gasteiger partial charge on any atom is 0.341 e. The van der Waals surface area contributed by atoms with Gasteiger partial charge in [-0.25, -0.2) is 9.59 Å². The summed E-state index contributed by atoms with van der Waals surface area (Å²) >= 11 is 1.40.